The van der Waals surface area contributed by atoms with Gasteiger partial charge in [-0.2, -0.15) is 0 Å². The molecule has 33 heavy (non-hydrogen) atoms. The number of carbonyl (C=O) groups excluding carboxylic acids is 1. The second kappa shape index (κ2) is 9.35. The summed E-state index contributed by atoms with van der Waals surface area (Å²) in [5.74, 6) is 0.214. The Morgan fingerprint density at radius 3 is 1.67 bits per heavy atom. The number of pyridine rings is 1. The summed E-state index contributed by atoms with van der Waals surface area (Å²) in [5.41, 5.74) is 4.90. The molecule has 0 unspecified atom stereocenters. The van der Waals surface area contributed by atoms with Crippen LogP contribution in [0, 0.1) is 0 Å². The second-order valence-electron chi connectivity index (χ2n) is 8.35. The number of hydrogen-bond acceptors (Lipinski definition) is 3. The summed E-state index contributed by atoms with van der Waals surface area (Å²) in [7, 11) is 0. The van der Waals surface area contributed by atoms with Crippen LogP contribution in [-0.4, -0.2) is 28.8 Å². The molecule has 1 aromatic heterocycles. The van der Waals surface area contributed by atoms with Gasteiger partial charge in [-0.15, -0.1) is 0 Å². The van der Waals surface area contributed by atoms with Crippen LogP contribution in [0.2, 0.25) is 0 Å². The van der Waals surface area contributed by atoms with Crippen LogP contribution < -0.4 is 0 Å². The lowest BCUT2D eigenvalue weighted by Gasteiger charge is -2.47. The molecule has 0 atom stereocenters. The van der Waals surface area contributed by atoms with E-state index in [9.17, 15) is 4.79 Å². The number of nitrogens with zero attached hydrogens (tertiary/aromatic N) is 2. The first-order chi connectivity index (χ1) is 16.3. The Hall–Kier alpha value is -3.82. The van der Waals surface area contributed by atoms with E-state index >= 15 is 0 Å². The van der Waals surface area contributed by atoms with E-state index in [1.54, 1.807) is 12.4 Å². The molecule has 0 N–H and O–H groups in total. The number of rotatable bonds is 5. The monoisotopic (exact) mass is 430 g/mol. The van der Waals surface area contributed by atoms with E-state index in [-0.39, 0.29) is 5.78 Å². The van der Waals surface area contributed by atoms with Gasteiger partial charge in [-0.1, -0.05) is 91.0 Å². The highest BCUT2D eigenvalue weighted by Gasteiger charge is 2.44. The highest BCUT2D eigenvalue weighted by atomic mass is 16.1. The minimum Gasteiger partial charge on any atom is -0.294 e. The van der Waals surface area contributed by atoms with Crippen LogP contribution >= 0.6 is 0 Å². The quantitative estimate of drug-likeness (QED) is 0.299. The minimum atomic E-state index is -0.512. The van der Waals surface area contributed by atoms with Crippen LogP contribution in [0.3, 0.4) is 0 Å². The summed E-state index contributed by atoms with van der Waals surface area (Å²) < 4.78 is 0. The largest absolute Gasteiger partial charge is 0.294 e. The molecule has 3 nitrogen and oxygen atoms in total. The highest BCUT2D eigenvalue weighted by molar-refractivity contribution is 6.00. The van der Waals surface area contributed by atoms with E-state index in [4.69, 9.17) is 0 Å². The van der Waals surface area contributed by atoms with E-state index in [2.05, 4.69) is 101 Å². The summed E-state index contributed by atoms with van der Waals surface area (Å²) in [4.78, 5) is 19.5. The van der Waals surface area contributed by atoms with E-state index in [1.165, 1.54) is 16.7 Å². The minimum absolute atomic E-state index is 0.214. The standard InChI is InChI=1S/C30H26N2O/c33-29-18-21-32(23-25(29)22-24-16-19-31-20-17-24)30(26-10-4-1-5-11-26,27-12-6-2-7-13-27)28-14-8-3-9-15-28/h1-17,19-20,22H,18,21,23H2/b25-22+. The number of piperidine rings is 1. The topological polar surface area (TPSA) is 33.2 Å². The average Bonchev–Trinajstić information content (AvgIpc) is 2.89. The van der Waals surface area contributed by atoms with Crippen molar-refractivity contribution in [2.45, 2.75) is 12.0 Å². The van der Waals surface area contributed by atoms with Crippen molar-refractivity contribution in [2.75, 3.05) is 13.1 Å². The molecule has 2 heterocycles. The molecule has 1 saturated heterocycles. The fraction of sp³-hybridized carbons (Fsp3) is 0.133. The molecule has 0 spiro atoms. The maximum atomic E-state index is 13.0. The molecule has 0 bridgehead atoms. The zero-order valence-electron chi connectivity index (χ0n) is 18.5. The smallest absolute Gasteiger partial charge is 0.161 e. The van der Waals surface area contributed by atoms with E-state index in [0.29, 0.717) is 19.5 Å². The first-order valence-electron chi connectivity index (χ1n) is 11.3. The van der Waals surface area contributed by atoms with Gasteiger partial charge in [0.25, 0.3) is 0 Å². The summed E-state index contributed by atoms with van der Waals surface area (Å²) in [6, 6.07) is 35.8. The van der Waals surface area contributed by atoms with Gasteiger partial charge in [-0.25, -0.2) is 0 Å². The molecule has 1 fully saturated rings. The van der Waals surface area contributed by atoms with Crippen molar-refractivity contribution in [3.8, 4) is 0 Å². The number of carbonyl (C=O) groups is 1. The summed E-state index contributed by atoms with van der Waals surface area (Å²) in [6.45, 7) is 1.26. The highest BCUT2D eigenvalue weighted by Crippen LogP contribution is 2.43. The average molecular weight is 431 g/mol. The van der Waals surface area contributed by atoms with Gasteiger partial charge in [-0.05, 0) is 40.5 Å². The maximum absolute atomic E-state index is 13.0. The van der Waals surface area contributed by atoms with Crippen molar-refractivity contribution in [1.29, 1.82) is 0 Å². The molecule has 0 radical (unpaired) electrons. The van der Waals surface area contributed by atoms with Gasteiger partial charge in [0.15, 0.2) is 5.78 Å². The normalized spacial score (nSPS) is 16.1. The first-order valence-corrected chi connectivity index (χ1v) is 11.3. The number of ketones is 1. The van der Waals surface area contributed by atoms with Crippen molar-refractivity contribution < 1.29 is 4.79 Å². The number of Topliss-reactive ketones (excluding diaryl/α,β-unsaturated/α-hetero) is 1. The van der Waals surface area contributed by atoms with E-state index in [0.717, 1.165) is 11.1 Å². The van der Waals surface area contributed by atoms with Crippen LogP contribution in [0.5, 0.6) is 0 Å². The van der Waals surface area contributed by atoms with Crippen molar-refractivity contribution in [1.82, 2.24) is 9.88 Å². The van der Waals surface area contributed by atoms with E-state index in [1.807, 2.05) is 18.2 Å². The Kier molecular flexibility index (Phi) is 5.97. The molecule has 0 amide bonds. The van der Waals surface area contributed by atoms with Gasteiger partial charge in [0, 0.05) is 37.5 Å². The Morgan fingerprint density at radius 1 is 0.697 bits per heavy atom. The van der Waals surface area contributed by atoms with E-state index < -0.39 is 5.54 Å². The number of hydrogen-bond donors (Lipinski definition) is 0. The predicted octanol–water partition coefficient (Wildman–Crippen LogP) is 5.73. The van der Waals surface area contributed by atoms with Crippen molar-refractivity contribution in [2.24, 2.45) is 0 Å². The third-order valence-corrected chi connectivity index (χ3v) is 6.42. The van der Waals surface area contributed by atoms with Crippen LogP contribution in [0.15, 0.2) is 121 Å². The molecule has 0 saturated carbocycles. The fourth-order valence-electron chi connectivity index (χ4n) is 4.93. The van der Waals surface area contributed by atoms with Crippen molar-refractivity contribution in [3.05, 3.63) is 143 Å². The molecule has 1 aliphatic rings. The first kappa shape index (κ1) is 21.0. The third-order valence-electron chi connectivity index (χ3n) is 6.42. The maximum Gasteiger partial charge on any atom is 0.161 e. The van der Waals surface area contributed by atoms with Gasteiger partial charge in [0.05, 0.1) is 5.54 Å². The van der Waals surface area contributed by atoms with Crippen LogP contribution in [0.25, 0.3) is 6.08 Å². The van der Waals surface area contributed by atoms with Gasteiger partial charge in [0.2, 0.25) is 0 Å². The SMILES string of the molecule is O=C1CCN(C(c2ccccc2)(c2ccccc2)c2ccccc2)C/C1=C\c1ccncc1. The number of aromatic nitrogens is 1. The zero-order chi connectivity index (χ0) is 22.5. The molecule has 3 heteroatoms. The lowest BCUT2D eigenvalue weighted by Crippen LogP contribution is -2.52. The molecule has 0 aliphatic carbocycles. The van der Waals surface area contributed by atoms with Gasteiger partial charge in [0.1, 0.15) is 0 Å². The van der Waals surface area contributed by atoms with Crippen molar-refractivity contribution in [3.63, 3.8) is 0 Å². The third kappa shape index (κ3) is 4.04. The lowest BCUT2D eigenvalue weighted by molar-refractivity contribution is -0.117. The summed E-state index contributed by atoms with van der Waals surface area (Å²) in [6.07, 6.45) is 6.03. The Bertz CT molecular complexity index is 1140. The van der Waals surface area contributed by atoms with Gasteiger partial charge in [-0.3, -0.25) is 14.7 Å². The number of benzene rings is 3. The van der Waals surface area contributed by atoms with Crippen LogP contribution in [-0.2, 0) is 10.3 Å². The summed E-state index contributed by atoms with van der Waals surface area (Å²) in [5, 5.41) is 0. The fourth-order valence-corrected chi connectivity index (χ4v) is 4.93. The summed E-state index contributed by atoms with van der Waals surface area (Å²) >= 11 is 0. The van der Waals surface area contributed by atoms with Crippen molar-refractivity contribution >= 4 is 11.9 Å². The van der Waals surface area contributed by atoms with Gasteiger partial charge < -0.3 is 0 Å². The molecule has 4 aromatic rings. The molecular weight excluding hydrogens is 404 g/mol. The van der Waals surface area contributed by atoms with Crippen LogP contribution in [0.1, 0.15) is 28.7 Å². The predicted molar refractivity (Wildman–Crippen MR) is 133 cm³/mol. The second-order valence-corrected chi connectivity index (χ2v) is 8.35. The van der Waals surface area contributed by atoms with Gasteiger partial charge >= 0.3 is 0 Å². The molecule has 3 aromatic carbocycles. The zero-order valence-corrected chi connectivity index (χ0v) is 18.5. The Morgan fingerprint density at radius 2 is 1.18 bits per heavy atom. The number of likely N-dealkylation sites (tertiary alicyclic amines) is 1. The molecular formula is C30H26N2O. The Labute approximate surface area is 195 Å². The molecule has 162 valence electrons. The molecule has 5 rings (SSSR count). The molecule has 1 aliphatic heterocycles. The van der Waals surface area contributed by atoms with Crippen LogP contribution in [0.4, 0.5) is 0 Å². The lowest BCUT2D eigenvalue weighted by atomic mass is 9.74. The Balaban J connectivity index is 1.71.